The molecule has 1 aliphatic rings. The highest BCUT2D eigenvalue weighted by atomic mass is 32.1. The fraction of sp³-hybridized carbons (Fsp3) is 0.375. The zero-order valence-electron chi connectivity index (χ0n) is 12.2. The Bertz CT molecular complexity index is 655. The number of amides is 1. The van der Waals surface area contributed by atoms with Crippen LogP contribution in [0.25, 0.3) is 0 Å². The van der Waals surface area contributed by atoms with Gasteiger partial charge >= 0.3 is 0 Å². The van der Waals surface area contributed by atoms with Crippen LogP contribution < -0.4 is 10.1 Å². The van der Waals surface area contributed by atoms with Gasteiger partial charge in [0.15, 0.2) is 11.6 Å². The van der Waals surface area contributed by atoms with Gasteiger partial charge in [0.05, 0.1) is 12.0 Å². The zero-order chi connectivity index (χ0) is 14.8. The Morgan fingerprint density at radius 2 is 2.14 bits per heavy atom. The quantitative estimate of drug-likeness (QED) is 0.942. The lowest BCUT2D eigenvalue weighted by Gasteiger charge is -2.09. The van der Waals surface area contributed by atoms with Crippen molar-refractivity contribution in [3.8, 4) is 5.75 Å². The first-order chi connectivity index (χ1) is 10.2. The molecular weight excluding hydrogens is 284 g/mol. The van der Waals surface area contributed by atoms with Gasteiger partial charge < -0.3 is 10.1 Å². The van der Waals surface area contributed by atoms with E-state index in [0.29, 0.717) is 11.6 Å². The minimum atomic E-state index is -0.106. The molecule has 0 fully saturated rings. The number of pyridine rings is 1. The van der Waals surface area contributed by atoms with E-state index in [4.69, 9.17) is 4.74 Å². The van der Waals surface area contributed by atoms with Gasteiger partial charge in [0.2, 0.25) is 0 Å². The highest BCUT2D eigenvalue weighted by molar-refractivity contribution is 7.14. The largest absolute Gasteiger partial charge is 0.493 e. The molecule has 4 nitrogen and oxygen atoms in total. The summed E-state index contributed by atoms with van der Waals surface area (Å²) in [6, 6.07) is 5.70. The molecular formula is C16H18N2O2S. The van der Waals surface area contributed by atoms with Crippen molar-refractivity contribution < 1.29 is 9.53 Å². The van der Waals surface area contributed by atoms with E-state index in [1.807, 2.05) is 25.1 Å². The number of methoxy groups -OCH3 is 1. The Hall–Kier alpha value is -1.88. The lowest BCUT2D eigenvalue weighted by Crippen LogP contribution is -2.12. The molecule has 3 rings (SSSR count). The van der Waals surface area contributed by atoms with Crippen LogP contribution >= 0.6 is 11.3 Å². The summed E-state index contributed by atoms with van der Waals surface area (Å²) in [5, 5.41) is 2.86. The molecule has 0 spiro atoms. The molecule has 5 heteroatoms. The SMILES string of the molecule is COc1ccc(C)nc1NC(=O)c1cc2c(s1)CCCC2. The number of anilines is 1. The maximum Gasteiger partial charge on any atom is 0.267 e. The number of ether oxygens (including phenoxy) is 1. The Morgan fingerprint density at radius 1 is 1.33 bits per heavy atom. The standard InChI is InChI=1S/C16H18N2O2S/c1-10-7-8-12(20-2)15(17-10)18-16(19)14-9-11-5-3-4-6-13(11)21-14/h7-9H,3-6H2,1-2H3,(H,17,18,19). The predicted octanol–water partition coefficient (Wildman–Crippen LogP) is 3.59. The van der Waals surface area contributed by atoms with Crippen molar-refractivity contribution in [2.45, 2.75) is 32.6 Å². The highest BCUT2D eigenvalue weighted by Crippen LogP contribution is 2.30. The van der Waals surface area contributed by atoms with Gasteiger partial charge in [-0.05, 0) is 56.4 Å². The number of aromatic nitrogens is 1. The minimum absolute atomic E-state index is 0.106. The topological polar surface area (TPSA) is 51.2 Å². The Labute approximate surface area is 128 Å². The average Bonchev–Trinajstić information content (AvgIpc) is 2.91. The first kappa shape index (κ1) is 14.1. The van der Waals surface area contributed by atoms with Crippen molar-refractivity contribution in [3.05, 3.63) is 39.2 Å². The second kappa shape index (κ2) is 5.85. The van der Waals surface area contributed by atoms with Crippen LogP contribution in [0, 0.1) is 6.92 Å². The van der Waals surface area contributed by atoms with E-state index in [-0.39, 0.29) is 5.91 Å². The van der Waals surface area contributed by atoms with E-state index in [1.54, 1.807) is 18.4 Å². The maximum absolute atomic E-state index is 12.4. The van der Waals surface area contributed by atoms with Crippen LogP contribution in [-0.4, -0.2) is 18.0 Å². The molecule has 0 radical (unpaired) electrons. The van der Waals surface area contributed by atoms with Crippen LogP contribution in [0.4, 0.5) is 5.82 Å². The van der Waals surface area contributed by atoms with Crippen molar-refractivity contribution >= 4 is 23.1 Å². The summed E-state index contributed by atoms with van der Waals surface area (Å²) >= 11 is 1.60. The van der Waals surface area contributed by atoms with Gasteiger partial charge in [-0.15, -0.1) is 11.3 Å². The summed E-state index contributed by atoms with van der Waals surface area (Å²) in [6.07, 6.45) is 4.63. The first-order valence-corrected chi connectivity index (χ1v) is 7.93. The molecule has 1 amide bonds. The van der Waals surface area contributed by atoms with E-state index in [1.165, 1.54) is 23.3 Å². The van der Waals surface area contributed by atoms with Crippen LogP contribution in [0.5, 0.6) is 5.75 Å². The van der Waals surface area contributed by atoms with Crippen molar-refractivity contribution in [2.75, 3.05) is 12.4 Å². The van der Waals surface area contributed by atoms with Crippen molar-refractivity contribution in [1.82, 2.24) is 4.98 Å². The van der Waals surface area contributed by atoms with E-state index in [2.05, 4.69) is 10.3 Å². The van der Waals surface area contributed by atoms with Crippen molar-refractivity contribution in [1.29, 1.82) is 0 Å². The molecule has 2 heterocycles. The first-order valence-electron chi connectivity index (χ1n) is 7.12. The highest BCUT2D eigenvalue weighted by Gasteiger charge is 2.18. The van der Waals surface area contributed by atoms with Crippen LogP contribution in [0.3, 0.4) is 0 Å². The summed E-state index contributed by atoms with van der Waals surface area (Å²) in [7, 11) is 1.58. The van der Waals surface area contributed by atoms with E-state index >= 15 is 0 Å². The number of hydrogen-bond donors (Lipinski definition) is 1. The molecule has 0 saturated carbocycles. The van der Waals surface area contributed by atoms with E-state index in [9.17, 15) is 4.79 Å². The van der Waals surface area contributed by atoms with Gasteiger partial charge in [-0.1, -0.05) is 0 Å². The van der Waals surface area contributed by atoms with Gasteiger partial charge in [0, 0.05) is 10.6 Å². The fourth-order valence-corrected chi connectivity index (χ4v) is 3.72. The molecule has 2 aromatic heterocycles. The second-order valence-corrected chi connectivity index (χ2v) is 6.36. The Balaban J connectivity index is 1.83. The molecule has 0 atom stereocenters. The third-order valence-electron chi connectivity index (χ3n) is 3.67. The Morgan fingerprint density at radius 3 is 2.90 bits per heavy atom. The van der Waals surface area contributed by atoms with Crippen LogP contribution in [-0.2, 0) is 12.8 Å². The number of aryl methyl sites for hydroxylation is 3. The molecule has 0 aliphatic heterocycles. The molecule has 2 aromatic rings. The summed E-state index contributed by atoms with van der Waals surface area (Å²) < 4.78 is 5.24. The smallest absolute Gasteiger partial charge is 0.267 e. The lowest BCUT2D eigenvalue weighted by molar-refractivity contribution is 0.102. The number of rotatable bonds is 3. The second-order valence-electron chi connectivity index (χ2n) is 5.22. The predicted molar refractivity (Wildman–Crippen MR) is 84.4 cm³/mol. The third-order valence-corrected chi connectivity index (χ3v) is 4.91. The van der Waals surface area contributed by atoms with Crippen molar-refractivity contribution in [3.63, 3.8) is 0 Å². The van der Waals surface area contributed by atoms with E-state index in [0.717, 1.165) is 23.4 Å². The number of carbonyl (C=O) groups excluding carboxylic acids is 1. The van der Waals surface area contributed by atoms with E-state index < -0.39 is 0 Å². The Kier molecular flexibility index (Phi) is 3.92. The summed E-state index contributed by atoms with van der Waals surface area (Å²) in [6.45, 7) is 1.89. The number of nitrogens with one attached hydrogen (secondary N) is 1. The molecule has 1 aliphatic carbocycles. The third kappa shape index (κ3) is 2.93. The van der Waals surface area contributed by atoms with Gasteiger partial charge in [-0.3, -0.25) is 4.79 Å². The normalized spacial score (nSPS) is 13.6. The monoisotopic (exact) mass is 302 g/mol. The van der Waals surface area contributed by atoms with Crippen LogP contribution in [0.1, 0.15) is 38.6 Å². The van der Waals surface area contributed by atoms with Crippen LogP contribution in [0.2, 0.25) is 0 Å². The summed E-state index contributed by atoms with van der Waals surface area (Å²) in [4.78, 5) is 18.9. The van der Waals surface area contributed by atoms with Crippen LogP contribution in [0.15, 0.2) is 18.2 Å². The number of carbonyl (C=O) groups is 1. The van der Waals surface area contributed by atoms with Gasteiger partial charge in [-0.2, -0.15) is 0 Å². The maximum atomic E-state index is 12.4. The number of fused-ring (bicyclic) bond motifs is 1. The molecule has 0 aromatic carbocycles. The van der Waals surface area contributed by atoms with Crippen molar-refractivity contribution in [2.24, 2.45) is 0 Å². The lowest BCUT2D eigenvalue weighted by atomic mass is 9.99. The zero-order valence-corrected chi connectivity index (χ0v) is 13.0. The molecule has 1 N–H and O–H groups in total. The van der Waals surface area contributed by atoms with Gasteiger partial charge in [0.25, 0.3) is 5.91 Å². The fourth-order valence-electron chi connectivity index (χ4n) is 2.57. The molecule has 0 saturated heterocycles. The number of nitrogens with zero attached hydrogens (tertiary/aromatic N) is 1. The summed E-state index contributed by atoms with van der Waals surface area (Å²) in [5.74, 6) is 0.954. The van der Waals surface area contributed by atoms with Gasteiger partial charge in [-0.25, -0.2) is 4.98 Å². The average molecular weight is 302 g/mol. The summed E-state index contributed by atoms with van der Waals surface area (Å²) in [5.41, 5.74) is 2.18. The number of thiophene rings is 1. The molecule has 0 unspecified atom stereocenters. The molecule has 0 bridgehead atoms. The molecule has 21 heavy (non-hydrogen) atoms. The minimum Gasteiger partial charge on any atom is -0.493 e. The number of hydrogen-bond acceptors (Lipinski definition) is 4. The van der Waals surface area contributed by atoms with Gasteiger partial charge in [0.1, 0.15) is 0 Å². The molecule has 110 valence electrons.